The number of Topliss-reactive ketones (excluding diaryl/α,β-unsaturated/α-hetero) is 1. The summed E-state index contributed by atoms with van der Waals surface area (Å²) < 4.78 is 17.9. The van der Waals surface area contributed by atoms with Crippen molar-refractivity contribution in [3.05, 3.63) is 89.3 Å². The fourth-order valence-corrected chi connectivity index (χ4v) is 4.44. The average Bonchev–Trinajstić information content (AvgIpc) is 2.88. The second-order valence-electron chi connectivity index (χ2n) is 8.83. The zero-order valence-corrected chi connectivity index (χ0v) is 20.8. The first-order chi connectivity index (χ1) is 17.1. The van der Waals surface area contributed by atoms with Crippen LogP contribution in [0.4, 0.5) is 0 Å². The molecule has 4 rings (SSSR count). The molecule has 35 heavy (non-hydrogen) atoms. The van der Waals surface area contributed by atoms with E-state index in [4.69, 9.17) is 19.2 Å². The number of nitrogens with zero attached hydrogens (tertiary/aromatic N) is 1. The normalized spacial score (nSPS) is 15.1. The summed E-state index contributed by atoms with van der Waals surface area (Å²) in [5.74, 6) is 2.73. The van der Waals surface area contributed by atoms with Crippen molar-refractivity contribution in [2.75, 3.05) is 13.7 Å². The number of pyridine rings is 1. The molecule has 0 fully saturated rings. The monoisotopic (exact) mass is 471 g/mol. The van der Waals surface area contributed by atoms with Crippen LogP contribution in [0.3, 0.4) is 0 Å². The highest BCUT2D eigenvalue weighted by molar-refractivity contribution is 5.97. The van der Waals surface area contributed by atoms with Crippen molar-refractivity contribution in [2.45, 2.75) is 46.1 Å². The van der Waals surface area contributed by atoms with Crippen LogP contribution in [-0.4, -0.2) is 24.5 Å². The number of hydrogen-bond donors (Lipinski definition) is 0. The lowest BCUT2D eigenvalue weighted by molar-refractivity contribution is 0.101. The summed E-state index contributed by atoms with van der Waals surface area (Å²) in [5.41, 5.74) is 3.47. The maximum absolute atomic E-state index is 12.0. The van der Waals surface area contributed by atoms with Gasteiger partial charge in [-0.25, -0.2) is 4.98 Å². The maximum atomic E-state index is 12.0. The van der Waals surface area contributed by atoms with Gasteiger partial charge < -0.3 is 14.2 Å². The van der Waals surface area contributed by atoms with Gasteiger partial charge in [0.1, 0.15) is 18.1 Å². The molecule has 1 atom stereocenters. The van der Waals surface area contributed by atoms with Crippen LogP contribution in [0.25, 0.3) is 10.9 Å². The van der Waals surface area contributed by atoms with E-state index in [9.17, 15) is 4.79 Å². The van der Waals surface area contributed by atoms with Crippen molar-refractivity contribution in [3.63, 3.8) is 0 Å². The molecule has 5 heteroatoms. The zero-order valence-electron chi connectivity index (χ0n) is 20.8. The number of hydrogen-bond acceptors (Lipinski definition) is 5. The Kier molecular flexibility index (Phi) is 8.19. The fraction of sp³-hybridized carbons (Fsp3) is 0.333. The van der Waals surface area contributed by atoms with Gasteiger partial charge in [0.2, 0.25) is 0 Å². The molecule has 182 valence electrons. The third-order valence-corrected chi connectivity index (χ3v) is 6.24. The van der Waals surface area contributed by atoms with E-state index in [0.717, 1.165) is 59.4 Å². The number of fused-ring (bicyclic) bond motifs is 1. The zero-order chi connectivity index (χ0) is 24.6. The number of rotatable bonds is 11. The molecule has 0 bridgehead atoms. The molecule has 0 saturated heterocycles. The Morgan fingerprint density at radius 1 is 1.09 bits per heavy atom. The quantitative estimate of drug-likeness (QED) is 0.286. The third-order valence-electron chi connectivity index (χ3n) is 6.24. The highest BCUT2D eigenvalue weighted by Crippen LogP contribution is 2.34. The van der Waals surface area contributed by atoms with Gasteiger partial charge in [0.05, 0.1) is 36.2 Å². The highest BCUT2D eigenvalue weighted by Gasteiger charge is 2.18. The minimum atomic E-state index is -0.00342. The Morgan fingerprint density at radius 3 is 2.74 bits per heavy atom. The van der Waals surface area contributed by atoms with E-state index in [0.29, 0.717) is 30.4 Å². The van der Waals surface area contributed by atoms with Crippen LogP contribution < -0.4 is 9.47 Å². The summed E-state index contributed by atoms with van der Waals surface area (Å²) in [7, 11) is 1.61. The van der Waals surface area contributed by atoms with Crippen LogP contribution in [0.1, 0.15) is 54.7 Å². The largest absolute Gasteiger partial charge is 0.496 e. The van der Waals surface area contributed by atoms with Crippen molar-refractivity contribution in [3.8, 4) is 11.5 Å². The second-order valence-corrected chi connectivity index (χ2v) is 8.83. The topological polar surface area (TPSA) is 57.7 Å². The second kappa shape index (κ2) is 11.7. The van der Waals surface area contributed by atoms with Crippen molar-refractivity contribution in [1.29, 1.82) is 0 Å². The van der Waals surface area contributed by atoms with Gasteiger partial charge in [-0.3, -0.25) is 4.79 Å². The molecular weight excluding hydrogens is 438 g/mol. The fourth-order valence-electron chi connectivity index (χ4n) is 4.44. The minimum Gasteiger partial charge on any atom is -0.496 e. The van der Waals surface area contributed by atoms with E-state index in [1.165, 1.54) is 0 Å². The average molecular weight is 472 g/mol. The van der Waals surface area contributed by atoms with Gasteiger partial charge >= 0.3 is 0 Å². The van der Waals surface area contributed by atoms with Gasteiger partial charge in [-0.05, 0) is 56.0 Å². The minimum absolute atomic E-state index is 0.00342. The lowest BCUT2D eigenvalue weighted by atomic mass is 9.96. The van der Waals surface area contributed by atoms with Crippen molar-refractivity contribution < 1.29 is 19.0 Å². The van der Waals surface area contributed by atoms with Crippen molar-refractivity contribution >= 4 is 16.7 Å². The summed E-state index contributed by atoms with van der Waals surface area (Å²) >= 11 is 0. The Morgan fingerprint density at radius 2 is 1.94 bits per heavy atom. The lowest BCUT2D eigenvalue weighted by Crippen LogP contribution is -2.11. The number of carbonyl (C=O) groups is 1. The van der Waals surface area contributed by atoms with E-state index in [1.54, 1.807) is 20.1 Å². The standard InChI is InChI=1S/C30H33NO4/c1-4-8-27-29(16-15-26(21(2)32)30(27)33-3)34-18-17-22-9-7-11-25(19-22)35-20-24-14-13-23-10-5-6-12-28(23)31-24/h5-7,9-16,22H,4,8,17-20H2,1-3H3. The van der Waals surface area contributed by atoms with Crippen LogP contribution >= 0.6 is 0 Å². The molecule has 1 heterocycles. The molecule has 0 aliphatic heterocycles. The van der Waals surface area contributed by atoms with Crippen LogP contribution in [-0.2, 0) is 17.8 Å². The molecule has 0 radical (unpaired) electrons. The summed E-state index contributed by atoms with van der Waals surface area (Å²) in [5, 5.41) is 1.13. The molecule has 1 aromatic heterocycles. The Balaban J connectivity index is 1.32. The smallest absolute Gasteiger partial charge is 0.163 e. The van der Waals surface area contributed by atoms with Gasteiger partial charge in [0, 0.05) is 17.4 Å². The Bertz CT molecular complexity index is 1240. The Labute approximate surface area is 207 Å². The van der Waals surface area contributed by atoms with E-state index >= 15 is 0 Å². The number of ether oxygens (including phenoxy) is 3. The SMILES string of the molecule is CCCc1c(OCCC2C=CC=C(OCc3ccc4ccccc4n3)C2)ccc(C(C)=O)c1OC. The predicted octanol–water partition coefficient (Wildman–Crippen LogP) is 6.84. The molecular formula is C30H33NO4. The summed E-state index contributed by atoms with van der Waals surface area (Å²) in [4.78, 5) is 16.7. The number of aromatic nitrogens is 1. The first-order valence-electron chi connectivity index (χ1n) is 12.3. The van der Waals surface area contributed by atoms with E-state index in [1.807, 2.05) is 36.4 Å². The lowest BCUT2D eigenvalue weighted by Gasteiger charge is -2.21. The number of benzene rings is 2. The molecule has 2 aromatic carbocycles. The summed E-state index contributed by atoms with van der Waals surface area (Å²) in [6.45, 7) is 4.70. The van der Waals surface area contributed by atoms with Crippen LogP contribution in [0.2, 0.25) is 0 Å². The number of allylic oxidation sites excluding steroid dienone is 4. The molecule has 1 aliphatic carbocycles. The van der Waals surface area contributed by atoms with Gasteiger partial charge in [-0.15, -0.1) is 0 Å². The molecule has 0 spiro atoms. The number of ketones is 1. The van der Waals surface area contributed by atoms with Gasteiger partial charge in [-0.1, -0.05) is 49.8 Å². The molecule has 5 nitrogen and oxygen atoms in total. The van der Waals surface area contributed by atoms with Crippen LogP contribution in [0, 0.1) is 5.92 Å². The maximum Gasteiger partial charge on any atom is 0.163 e. The highest BCUT2D eigenvalue weighted by atomic mass is 16.5. The Hall–Kier alpha value is -3.60. The molecule has 3 aromatic rings. The molecule has 0 saturated carbocycles. The number of para-hydroxylation sites is 1. The third kappa shape index (κ3) is 6.10. The predicted molar refractivity (Wildman–Crippen MR) is 139 cm³/mol. The van der Waals surface area contributed by atoms with Crippen LogP contribution in [0.5, 0.6) is 11.5 Å². The van der Waals surface area contributed by atoms with Crippen molar-refractivity contribution in [1.82, 2.24) is 4.98 Å². The molecule has 0 amide bonds. The van der Waals surface area contributed by atoms with E-state index in [2.05, 4.69) is 31.2 Å². The molecule has 1 aliphatic rings. The first-order valence-corrected chi connectivity index (χ1v) is 12.3. The van der Waals surface area contributed by atoms with Gasteiger partial charge in [0.15, 0.2) is 5.78 Å². The molecule has 0 N–H and O–H groups in total. The van der Waals surface area contributed by atoms with E-state index in [-0.39, 0.29) is 5.78 Å². The van der Waals surface area contributed by atoms with Crippen LogP contribution in [0.15, 0.2) is 72.5 Å². The molecule has 1 unspecified atom stereocenters. The van der Waals surface area contributed by atoms with E-state index < -0.39 is 0 Å². The summed E-state index contributed by atoms with van der Waals surface area (Å²) in [6.07, 6.45) is 9.74. The summed E-state index contributed by atoms with van der Waals surface area (Å²) in [6, 6.07) is 15.9. The first kappa shape index (κ1) is 24.5. The van der Waals surface area contributed by atoms with Gasteiger partial charge in [-0.2, -0.15) is 0 Å². The number of carbonyl (C=O) groups excluding carboxylic acids is 1. The van der Waals surface area contributed by atoms with Gasteiger partial charge in [0.25, 0.3) is 0 Å². The number of methoxy groups -OCH3 is 1. The van der Waals surface area contributed by atoms with Crippen molar-refractivity contribution in [2.24, 2.45) is 5.92 Å².